The Kier molecular flexibility index (Phi) is 3.64. The zero-order chi connectivity index (χ0) is 16.6. The first-order valence-electron chi connectivity index (χ1n) is 6.28. The van der Waals surface area contributed by atoms with Gasteiger partial charge >= 0.3 is 12.1 Å². The van der Waals surface area contributed by atoms with Gasteiger partial charge in [0.1, 0.15) is 5.56 Å². The van der Waals surface area contributed by atoms with E-state index in [9.17, 15) is 18.0 Å². The average molecular weight is 339 g/mol. The fourth-order valence-electron chi connectivity index (χ4n) is 2.03. The molecule has 1 aromatic carbocycles. The summed E-state index contributed by atoms with van der Waals surface area (Å²) in [5, 5.41) is 14.0. The molecule has 0 unspecified atom stereocenters. The highest BCUT2D eigenvalue weighted by Crippen LogP contribution is 2.35. The SMILES string of the molecule is O=C(O)c1cnn(-c2nc(-c3ccccc3)cs2)c1C(F)(F)F. The van der Waals surface area contributed by atoms with Gasteiger partial charge in [0.15, 0.2) is 5.69 Å². The number of aromatic nitrogens is 3. The molecule has 0 aliphatic carbocycles. The lowest BCUT2D eigenvalue weighted by Crippen LogP contribution is -2.17. The Morgan fingerprint density at radius 3 is 2.52 bits per heavy atom. The molecule has 0 saturated heterocycles. The number of benzene rings is 1. The molecule has 5 nitrogen and oxygen atoms in total. The number of alkyl halides is 3. The van der Waals surface area contributed by atoms with Gasteiger partial charge in [0.25, 0.3) is 0 Å². The zero-order valence-corrected chi connectivity index (χ0v) is 12.1. The average Bonchev–Trinajstić information content (AvgIpc) is 3.14. The van der Waals surface area contributed by atoms with Crippen molar-refractivity contribution in [2.45, 2.75) is 6.18 Å². The topological polar surface area (TPSA) is 68.0 Å². The summed E-state index contributed by atoms with van der Waals surface area (Å²) in [6.45, 7) is 0. The Morgan fingerprint density at radius 2 is 1.91 bits per heavy atom. The number of aromatic carboxylic acids is 1. The van der Waals surface area contributed by atoms with Gasteiger partial charge in [-0.3, -0.25) is 0 Å². The third-order valence-electron chi connectivity index (χ3n) is 3.01. The summed E-state index contributed by atoms with van der Waals surface area (Å²) < 4.78 is 40.0. The minimum absolute atomic E-state index is 0.0521. The van der Waals surface area contributed by atoms with Gasteiger partial charge in [0, 0.05) is 10.9 Å². The highest BCUT2D eigenvalue weighted by molar-refractivity contribution is 7.12. The normalized spacial score (nSPS) is 11.6. The summed E-state index contributed by atoms with van der Waals surface area (Å²) in [5.41, 5.74) is -1.02. The van der Waals surface area contributed by atoms with Gasteiger partial charge in [-0.1, -0.05) is 30.3 Å². The summed E-state index contributed by atoms with van der Waals surface area (Å²) in [6.07, 6.45) is -4.18. The molecule has 0 aliphatic rings. The number of carboxylic acids is 1. The summed E-state index contributed by atoms with van der Waals surface area (Å²) in [5.74, 6) is -1.69. The lowest BCUT2D eigenvalue weighted by atomic mass is 10.2. The van der Waals surface area contributed by atoms with E-state index >= 15 is 0 Å². The van der Waals surface area contributed by atoms with Crippen molar-refractivity contribution in [3.05, 3.63) is 53.2 Å². The van der Waals surface area contributed by atoms with Crippen LogP contribution in [0.1, 0.15) is 16.1 Å². The number of hydrogen-bond acceptors (Lipinski definition) is 4. The molecule has 118 valence electrons. The van der Waals surface area contributed by atoms with Crippen molar-refractivity contribution >= 4 is 17.3 Å². The molecule has 1 N–H and O–H groups in total. The first-order valence-corrected chi connectivity index (χ1v) is 7.15. The van der Waals surface area contributed by atoms with Gasteiger partial charge in [0.05, 0.1) is 11.9 Å². The van der Waals surface area contributed by atoms with E-state index in [0.29, 0.717) is 16.6 Å². The molecule has 0 atom stereocenters. The Morgan fingerprint density at radius 1 is 1.22 bits per heavy atom. The van der Waals surface area contributed by atoms with Crippen molar-refractivity contribution in [1.29, 1.82) is 0 Å². The number of rotatable bonds is 3. The molecule has 2 heterocycles. The number of halogens is 3. The molecule has 3 rings (SSSR count). The molecule has 0 saturated carbocycles. The third-order valence-corrected chi connectivity index (χ3v) is 3.83. The minimum atomic E-state index is -4.86. The van der Waals surface area contributed by atoms with E-state index in [4.69, 9.17) is 5.11 Å². The first-order chi connectivity index (χ1) is 10.9. The van der Waals surface area contributed by atoms with Gasteiger partial charge < -0.3 is 5.11 Å². The second-order valence-electron chi connectivity index (χ2n) is 4.50. The molecule has 0 bridgehead atoms. The molecule has 0 fully saturated rings. The highest BCUT2D eigenvalue weighted by Gasteiger charge is 2.41. The van der Waals surface area contributed by atoms with Crippen LogP contribution in [0.5, 0.6) is 0 Å². The number of carboxylic acid groups (broad SMARTS) is 1. The van der Waals surface area contributed by atoms with Crippen molar-refractivity contribution in [3.8, 4) is 16.4 Å². The highest BCUT2D eigenvalue weighted by atomic mass is 32.1. The molecule has 3 aromatic rings. The van der Waals surface area contributed by atoms with Crippen molar-refractivity contribution in [2.24, 2.45) is 0 Å². The molecule has 0 amide bonds. The van der Waals surface area contributed by atoms with Crippen LogP contribution in [0, 0.1) is 0 Å². The van der Waals surface area contributed by atoms with Crippen molar-refractivity contribution in [2.75, 3.05) is 0 Å². The monoisotopic (exact) mass is 339 g/mol. The quantitative estimate of drug-likeness (QED) is 0.790. The standard InChI is InChI=1S/C14H8F3N3O2S/c15-14(16,17)11-9(12(21)22)6-18-20(11)13-19-10(7-23-13)8-4-2-1-3-5-8/h1-7H,(H,21,22). The van der Waals surface area contributed by atoms with E-state index in [0.717, 1.165) is 16.9 Å². The predicted molar refractivity (Wildman–Crippen MR) is 76.6 cm³/mol. The predicted octanol–water partition coefficient (Wildman–Crippen LogP) is 3.71. The number of carbonyl (C=O) groups is 1. The number of thiazole rings is 1. The smallest absolute Gasteiger partial charge is 0.434 e. The van der Waals surface area contributed by atoms with Crippen LogP contribution in [0.15, 0.2) is 41.9 Å². The molecular weight excluding hydrogens is 331 g/mol. The Labute approximate surface area is 131 Å². The van der Waals surface area contributed by atoms with E-state index in [1.807, 2.05) is 6.07 Å². The summed E-state index contributed by atoms with van der Waals surface area (Å²) in [4.78, 5) is 15.1. The van der Waals surface area contributed by atoms with Crippen molar-refractivity contribution in [1.82, 2.24) is 14.8 Å². The lowest BCUT2D eigenvalue weighted by Gasteiger charge is -2.09. The largest absolute Gasteiger partial charge is 0.478 e. The van der Waals surface area contributed by atoms with Gasteiger partial charge in [-0.25, -0.2) is 14.5 Å². The fraction of sp³-hybridized carbons (Fsp3) is 0.0714. The van der Waals surface area contributed by atoms with Crippen molar-refractivity contribution in [3.63, 3.8) is 0 Å². The third kappa shape index (κ3) is 2.82. The van der Waals surface area contributed by atoms with E-state index in [2.05, 4.69) is 10.1 Å². The number of hydrogen-bond donors (Lipinski definition) is 1. The maximum atomic E-state index is 13.2. The van der Waals surface area contributed by atoms with Crippen LogP contribution in [-0.2, 0) is 6.18 Å². The molecule has 9 heteroatoms. The van der Waals surface area contributed by atoms with Crippen LogP contribution in [0.3, 0.4) is 0 Å². The lowest BCUT2D eigenvalue weighted by molar-refractivity contribution is -0.143. The fourth-order valence-corrected chi connectivity index (χ4v) is 2.82. The van der Waals surface area contributed by atoms with Crippen LogP contribution >= 0.6 is 11.3 Å². The summed E-state index contributed by atoms with van der Waals surface area (Å²) in [7, 11) is 0. The number of nitrogens with zero attached hydrogens (tertiary/aromatic N) is 3. The van der Waals surface area contributed by atoms with E-state index < -0.39 is 23.4 Å². The maximum absolute atomic E-state index is 13.2. The Bertz CT molecular complexity index is 856. The molecule has 2 aromatic heterocycles. The molecule has 0 spiro atoms. The van der Waals surface area contributed by atoms with Crippen LogP contribution in [-0.4, -0.2) is 25.8 Å². The maximum Gasteiger partial charge on any atom is 0.434 e. The minimum Gasteiger partial charge on any atom is -0.478 e. The van der Waals surface area contributed by atoms with Crippen LogP contribution in [0.4, 0.5) is 13.2 Å². The molecule has 0 radical (unpaired) electrons. The van der Waals surface area contributed by atoms with Gasteiger partial charge in [-0.2, -0.15) is 18.3 Å². The zero-order valence-electron chi connectivity index (χ0n) is 11.3. The van der Waals surface area contributed by atoms with E-state index in [1.165, 1.54) is 0 Å². The van der Waals surface area contributed by atoms with Gasteiger partial charge in [-0.05, 0) is 0 Å². The van der Waals surface area contributed by atoms with Gasteiger partial charge in [-0.15, -0.1) is 11.3 Å². The van der Waals surface area contributed by atoms with Crippen LogP contribution in [0.2, 0.25) is 0 Å². The van der Waals surface area contributed by atoms with Crippen LogP contribution in [0.25, 0.3) is 16.4 Å². The van der Waals surface area contributed by atoms with E-state index in [-0.39, 0.29) is 5.13 Å². The summed E-state index contributed by atoms with van der Waals surface area (Å²) in [6, 6.07) is 8.92. The first kappa shape index (κ1) is 15.2. The Hall–Kier alpha value is -2.68. The van der Waals surface area contributed by atoms with Gasteiger partial charge in [0.2, 0.25) is 5.13 Å². The molecular formula is C14H8F3N3O2S. The Balaban J connectivity index is 2.10. The molecule has 23 heavy (non-hydrogen) atoms. The van der Waals surface area contributed by atoms with Crippen LogP contribution < -0.4 is 0 Å². The second-order valence-corrected chi connectivity index (χ2v) is 5.34. The van der Waals surface area contributed by atoms with E-state index in [1.54, 1.807) is 29.6 Å². The van der Waals surface area contributed by atoms with Crippen molar-refractivity contribution < 1.29 is 23.1 Å². The second kappa shape index (κ2) is 5.51. The summed E-state index contributed by atoms with van der Waals surface area (Å²) >= 11 is 0.949. The molecule has 0 aliphatic heterocycles.